The van der Waals surface area contributed by atoms with E-state index in [9.17, 15) is 4.79 Å². The topological polar surface area (TPSA) is 38.3 Å². The number of nitrogens with one attached hydrogen (secondary N) is 1. The Kier molecular flexibility index (Phi) is 6.62. The van der Waals surface area contributed by atoms with Crippen LogP contribution in [-0.2, 0) is 9.53 Å². The number of hydrogen-bond acceptors (Lipinski definition) is 4. The monoisotopic (exact) mass is 317 g/mol. The highest BCUT2D eigenvalue weighted by molar-refractivity contribution is 9.10. The fourth-order valence-electron chi connectivity index (χ4n) is 1.34. The molecule has 0 aliphatic rings. The Morgan fingerprint density at radius 3 is 2.94 bits per heavy atom. The van der Waals surface area contributed by atoms with Gasteiger partial charge in [0, 0.05) is 15.1 Å². The predicted octanol–water partition coefficient (Wildman–Crippen LogP) is 2.69. The number of esters is 1. The molecule has 94 valence electrons. The van der Waals surface area contributed by atoms with Gasteiger partial charge in [0.25, 0.3) is 0 Å². The normalized spacial score (nSPS) is 12.2. The van der Waals surface area contributed by atoms with Crippen molar-refractivity contribution in [3.8, 4) is 0 Å². The van der Waals surface area contributed by atoms with Gasteiger partial charge in [0.05, 0.1) is 7.11 Å². The Labute approximate surface area is 114 Å². The van der Waals surface area contributed by atoms with Crippen molar-refractivity contribution in [1.29, 1.82) is 0 Å². The van der Waals surface area contributed by atoms with Crippen LogP contribution < -0.4 is 5.32 Å². The molecule has 0 saturated heterocycles. The van der Waals surface area contributed by atoms with E-state index in [4.69, 9.17) is 4.74 Å². The number of benzene rings is 1. The molecule has 0 heterocycles. The van der Waals surface area contributed by atoms with Gasteiger partial charge < -0.3 is 10.1 Å². The molecule has 0 radical (unpaired) electrons. The summed E-state index contributed by atoms with van der Waals surface area (Å²) in [6.07, 6.45) is 0. The Hall–Kier alpha value is -0.520. The van der Waals surface area contributed by atoms with Gasteiger partial charge in [-0.15, -0.1) is 11.8 Å². The maximum absolute atomic E-state index is 11.5. The van der Waals surface area contributed by atoms with Crippen LogP contribution in [0.4, 0.5) is 0 Å². The maximum atomic E-state index is 11.5. The summed E-state index contributed by atoms with van der Waals surface area (Å²) >= 11 is 5.05. The highest BCUT2D eigenvalue weighted by atomic mass is 79.9. The predicted molar refractivity (Wildman–Crippen MR) is 74.3 cm³/mol. The molecule has 0 aliphatic carbocycles. The minimum absolute atomic E-state index is 0.214. The molecule has 1 atom stereocenters. The number of likely N-dealkylation sites (N-methyl/N-ethyl adjacent to an activating group) is 1. The molecule has 3 nitrogen and oxygen atoms in total. The molecule has 17 heavy (non-hydrogen) atoms. The van der Waals surface area contributed by atoms with Crippen molar-refractivity contribution < 1.29 is 9.53 Å². The SMILES string of the molecule is CCNC(CSc1cccc(Br)c1)C(=O)OC. The van der Waals surface area contributed by atoms with E-state index in [1.165, 1.54) is 7.11 Å². The van der Waals surface area contributed by atoms with Crippen LogP contribution in [0.15, 0.2) is 33.6 Å². The summed E-state index contributed by atoms with van der Waals surface area (Å²) in [5, 5.41) is 3.11. The van der Waals surface area contributed by atoms with Crippen LogP contribution in [0.25, 0.3) is 0 Å². The highest BCUT2D eigenvalue weighted by Crippen LogP contribution is 2.22. The Morgan fingerprint density at radius 2 is 2.35 bits per heavy atom. The number of thioether (sulfide) groups is 1. The first-order valence-corrected chi connectivity index (χ1v) is 7.14. The summed E-state index contributed by atoms with van der Waals surface area (Å²) < 4.78 is 5.80. The highest BCUT2D eigenvalue weighted by Gasteiger charge is 2.17. The van der Waals surface area contributed by atoms with Crippen molar-refractivity contribution in [3.63, 3.8) is 0 Å². The minimum Gasteiger partial charge on any atom is -0.468 e. The van der Waals surface area contributed by atoms with E-state index in [1.807, 2.05) is 31.2 Å². The molecule has 1 N–H and O–H groups in total. The molecule has 1 aromatic carbocycles. The van der Waals surface area contributed by atoms with Crippen LogP contribution in [0.1, 0.15) is 6.92 Å². The third-order valence-electron chi connectivity index (χ3n) is 2.15. The zero-order chi connectivity index (χ0) is 12.7. The lowest BCUT2D eigenvalue weighted by atomic mass is 10.3. The minimum atomic E-state index is -0.256. The molecule has 1 rings (SSSR count). The van der Waals surface area contributed by atoms with E-state index in [-0.39, 0.29) is 12.0 Å². The first kappa shape index (κ1) is 14.5. The summed E-state index contributed by atoms with van der Waals surface area (Å²) in [6, 6.07) is 7.76. The average Bonchev–Trinajstić information content (AvgIpc) is 2.33. The van der Waals surface area contributed by atoms with Gasteiger partial charge >= 0.3 is 5.97 Å². The fourth-order valence-corrected chi connectivity index (χ4v) is 2.88. The number of rotatable bonds is 6. The second-order valence-corrected chi connectivity index (χ2v) is 5.41. The fraction of sp³-hybridized carbons (Fsp3) is 0.417. The smallest absolute Gasteiger partial charge is 0.323 e. The van der Waals surface area contributed by atoms with Crippen molar-refractivity contribution in [3.05, 3.63) is 28.7 Å². The van der Waals surface area contributed by atoms with Crippen molar-refractivity contribution >= 4 is 33.7 Å². The van der Waals surface area contributed by atoms with Gasteiger partial charge in [0.15, 0.2) is 0 Å². The second kappa shape index (κ2) is 7.74. The molecule has 5 heteroatoms. The molecule has 0 amide bonds. The lowest BCUT2D eigenvalue weighted by Crippen LogP contribution is -2.39. The standard InChI is InChI=1S/C12H16BrNO2S/c1-3-14-11(12(15)16-2)8-17-10-6-4-5-9(13)7-10/h4-7,11,14H,3,8H2,1-2H3. The lowest BCUT2D eigenvalue weighted by molar-refractivity contribution is -0.142. The third kappa shape index (κ3) is 5.10. The zero-order valence-corrected chi connectivity index (χ0v) is 12.3. The molecule has 1 aromatic rings. The molecule has 0 saturated carbocycles. The lowest BCUT2D eigenvalue weighted by Gasteiger charge is -2.14. The molecular weight excluding hydrogens is 302 g/mol. The Bertz CT molecular complexity index is 373. The van der Waals surface area contributed by atoms with E-state index < -0.39 is 0 Å². The number of carbonyl (C=O) groups is 1. The largest absolute Gasteiger partial charge is 0.468 e. The van der Waals surface area contributed by atoms with Crippen molar-refractivity contribution in [2.75, 3.05) is 19.4 Å². The van der Waals surface area contributed by atoms with Crippen LogP contribution in [0.2, 0.25) is 0 Å². The van der Waals surface area contributed by atoms with Gasteiger partial charge in [0.1, 0.15) is 6.04 Å². The number of hydrogen-bond donors (Lipinski definition) is 1. The van der Waals surface area contributed by atoms with Gasteiger partial charge in [-0.1, -0.05) is 28.9 Å². The molecule has 0 aliphatic heterocycles. The van der Waals surface area contributed by atoms with Gasteiger partial charge in [-0.25, -0.2) is 0 Å². The average molecular weight is 318 g/mol. The molecule has 0 spiro atoms. The van der Waals surface area contributed by atoms with E-state index in [1.54, 1.807) is 11.8 Å². The van der Waals surface area contributed by atoms with Crippen molar-refractivity contribution in [2.45, 2.75) is 17.9 Å². The summed E-state index contributed by atoms with van der Waals surface area (Å²) in [5.41, 5.74) is 0. The van der Waals surface area contributed by atoms with E-state index >= 15 is 0 Å². The Morgan fingerprint density at radius 1 is 1.59 bits per heavy atom. The molecule has 0 bridgehead atoms. The first-order valence-electron chi connectivity index (χ1n) is 5.37. The maximum Gasteiger partial charge on any atom is 0.323 e. The van der Waals surface area contributed by atoms with Gasteiger partial charge in [-0.05, 0) is 24.7 Å². The molecular formula is C12H16BrNO2S. The molecule has 1 unspecified atom stereocenters. The van der Waals surface area contributed by atoms with Gasteiger partial charge in [0.2, 0.25) is 0 Å². The second-order valence-electron chi connectivity index (χ2n) is 3.40. The molecule has 0 fully saturated rings. The van der Waals surface area contributed by atoms with E-state index in [0.717, 1.165) is 15.9 Å². The number of halogens is 1. The van der Waals surface area contributed by atoms with Crippen LogP contribution in [0.5, 0.6) is 0 Å². The van der Waals surface area contributed by atoms with Crippen LogP contribution >= 0.6 is 27.7 Å². The van der Waals surface area contributed by atoms with Crippen LogP contribution in [-0.4, -0.2) is 31.4 Å². The van der Waals surface area contributed by atoms with Crippen LogP contribution in [0.3, 0.4) is 0 Å². The Balaban J connectivity index is 2.54. The zero-order valence-electron chi connectivity index (χ0n) is 9.90. The van der Waals surface area contributed by atoms with E-state index in [2.05, 4.69) is 21.2 Å². The summed E-state index contributed by atoms with van der Waals surface area (Å²) in [5.74, 6) is 0.450. The number of methoxy groups -OCH3 is 1. The molecule has 0 aromatic heterocycles. The summed E-state index contributed by atoms with van der Waals surface area (Å²) in [6.45, 7) is 2.72. The third-order valence-corrected chi connectivity index (χ3v) is 3.73. The quantitative estimate of drug-likeness (QED) is 0.646. The van der Waals surface area contributed by atoms with E-state index in [0.29, 0.717) is 5.75 Å². The van der Waals surface area contributed by atoms with Crippen molar-refractivity contribution in [2.24, 2.45) is 0 Å². The van der Waals surface area contributed by atoms with Gasteiger partial charge in [-0.3, -0.25) is 4.79 Å². The van der Waals surface area contributed by atoms with Crippen LogP contribution in [0, 0.1) is 0 Å². The van der Waals surface area contributed by atoms with Crippen molar-refractivity contribution in [1.82, 2.24) is 5.32 Å². The number of carbonyl (C=O) groups excluding carboxylic acids is 1. The first-order chi connectivity index (χ1) is 8.17. The summed E-state index contributed by atoms with van der Waals surface area (Å²) in [4.78, 5) is 12.6. The number of ether oxygens (including phenoxy) is 1. The van der Waals surface area contributed by atoms with Gasteiger partial charge in [-0.2, -0.15) is 0 Å². The summed E-state index contributed by atoms with van der Waals surface area (Å²) in [7, 11) is 1.41.